The standard InChI is InChI=1S/C17H24N2O/c1-17(2,9-8-12-6-4-3-5-7-12)19-16(20)15-13-10-18-11-14(13)15/h3-7,13-15,18H,8-11H2,1-2H3,(H,19,20)/t13-,14+,15?. The molecule has 20 heavy (non-hydrogen) atoms. The smallest absolute Gasteiger partial charge is 0.224 e. The van der Waals surface area contributed by atoms with Gasteiger partial charge in [-0.3, -0.25) is 4.79 Å². The van der Waals surface area contributed by atoms with E-state index < -0.39 is 0 Å². The molecule has 108 valence electrons. The first-order chi connectivity index (χ1) is 9.57. The van der Waals surface area contributed by atoms with Crippen molar-refractivity contribution in [1.29, 1.82) is 0 Å². The van der Waals surface area contributed by atoms with Crippen LogP contribution in [0, 0.1) is 17.8 Å². The predicted octanol–water partition coefficient (Wildman–Crippen LogP) is 1.98. The van der Waals surface area contributed by atoms with Crippen LogP contribution in [0.3, 0.4) is 0 Å². The van der Waals surface area contributed by atoms with E-state index in [-0.39, 0.29) is 17.4 Å². The molecule has 3 nitrogen and oxygen atoms in total. The van der Waals surface area contributed by atoms with Crippen molar-refractivity contribution in [3.8, 4) is 0 Å². The molecule has 2 fully saturated rings. The van der Waals surface area contributed by atoms with Crippen molar-refractivity contribution in [2.24, 2.45) is 17.8 Å². The maximum Gasteiger partial charge on any atom is 0.224 e. The molecule has 1 aliphatic carbocycles. The first kappa shape index (κ1) is 13.6. The number of benzene rings is 1. The zero-order valence-corrected chi connectivity index (χ0v) is 12.4. The lowest BCUT2D eigenvalue weighted by Crippen LogP contribution is -2.45. The molecule has 1 heterocycles. The van der Waals surface area contributed by atoms with Crippen LogP contribution in [0.5, 0.6) is 0 Å². The van der Waals surface area contributed by atoms with Crippen LogP contribution in [0.1, 0.15) is 25.8 Å². The van der Waals surface area contributed by atoms with Crippen molar-refractivity contribution < 1.29 is 4.79 Å². The van der Waals surface area contributed by atoms with E-state index in [2.05, 4.69) is 48.7 Å². The Kier molecular flexibility index (Phi) is 3.55. The number of amides is 1. The molecule has 3 atom stereocenters. The highest BCUT2D eigenvalue weighted by atomic mass is 16.2. The van der Waals surface area contributed by atoms with E-state index in [1.165, 1.54) is 5.56 Å². The summed E-state index contributed by atoms with van der Waals surface area (Å²) < 4.78 is 0. The van der Waals surface area contributed by atoms with Gasteiger partial charge in [0.05, 0.1) is 0 Å². The number of carbonyl (C=O) groups excluding carboxylic acids is 1. The molecule has 1 aromatic rings. The van der Waals surface area contributed by atoms with E-state index in [1.54, 1.807) is 0 Å². The molecule has 0 radical (unpaired) electrons. The fraction of sp³-hybridized carbons (Fsp3) is 0.588. The number of piperidine rings is 1. The van der Waals surface area contributed by atoms with Gasteiger partial charge in [-0.25, -0.2) is 0 Å². The van der Waals surface area contributed by atoms with Gasteiger partial charge in [-0.1, -0.05) is 30.3 Å². The van der Waals surface area contributed by atoms with Crippen LogP contribution in [-0.4, -0.2) is 24.5 Å². The first-order valence-corrected chi connectivity index (χ1v) is 7.63. The molecule has 0 bridgehead atoms. The van der Waals surface area contributed by atoms with Gasteiger partial charge < -0.3 is 10.6 Å². The largest absolute Gasteiger partial charge is 0.351 e. The van der Waals surface area contributed by atoms with Crippen LogP contribution in [0.2, 0.25) is 0 Å². The third-order valence-corrected chi connectivity index (χ3v) is 4.74. The van der Waals surface area contributed by atoms with Gasteiger partial charge in [0.1, 0.15) is 0 Å². The fourth-order valence-electron chi connectivity index (χ4n) is 3.39. The second-order valence-electron chi connectivity index (χ2n) is 6.87. The summed E-state index contributed by atoms with van der Waals surface area (Å²) >= 11 is 0. The lowest BCUT2D eigenvalue weighted by molar-refractivity contribution is -0.124. The van der Waals surface area contributed by atoms with Crippen LogP contribution in [0.25, 0.3) is 0 Å². The van der Waals surface area contributed by atoms with Crippen molar-refractivity contribution >= 4 is 5.91 Å². The van der Waals surface area contributed by atoms with Crippen LogP contribution < -0.4 is 10.6 Å². The Balaban J connectivity index is 1.49. The van der Waals surface area contributed by atoms with Gasteiger partial charge in [-0.05, 0) is 57.2 Å². The van der Waals surface area contributed by atoms with Crippen LogP contribution in [0.4, 0.5) is 0 Å². The monoisotopic (exact) mass is 272 g/mol. The van der Waals surface area contributed by atoms with Crippen LogP contribution >= 0.6 is 0 Å². The molecule has 2 aliphatic rings. The summed E-state index contributed by atoms with van der Waals surface area (Å²) in [6, 6.07) is 10.5. The van der Waals surface area contributed by atoms with Crippen molar-refractivity contribution in [2.45, 2.75) is 32.2 Å². The van der Waals surface area contributed by atoms with Crippen molar-refractivity contribution in [2.75, 3.05) is 13.1 Å². The van der Waals surface area contributed by atoms with Gasteiger partial charge in [0.2, 0.25) is 5.91 Å². The number of hydrogen-bond donors (Lipinski definition) is 2. The average molecular weight is 272 g/mol. The van der Waals surface area contributed by atoms with Crippen LogP contribution in [-0.2, 0) is 11.2 Å². The van der Waals surface area contributed by atoms with E-state index in [4.69, 9.17) is 0 Å². The molecule has 1 aliphatic heterocycles. The Labute approximate surface area is 121 Å². The number of rotatable bonds is 5. The van der Waals surface area contributed by atoms with Crippen molar-refractivity contribution in [3.05, 3.63) is 35.9 Å². The Bertz CT molecular complexity index is 473. The van der Waals surface area contributed by atoms with E-state index in [0.717, 1.165) is 25.9 Å². The summed E-state index contributed by atoms with van der Waals surface area (Å²) in [5.41, 5.74) is 1.21. The van der Waals surface area contributed by atoms with E-state index in [1.807, 2.05) is 6.07 Å². The van der Waals surface area contributed by atoms with Gasteiger partial charge in [0, 0.05) is 11.5 Å². The molecule has 0 spiro atoms. The molecule has 1 aromatic carbocycles. The van der Waals surface area contributed by atoms with Gasteiger partial charge >= 0.3 is 0 Å². The van der Waals surface area contributed by atoms with Gasteiger partial charge in [0.25, 0.3) is 0 Å². The zero-order valence-electron chi connectivity index (χ0n) is 12.4. The van der Waals surface area contributed by atoms with Crippen molar-refractivity contribution in [1.82, 2.24) is 10.6 Å². The number of aryl methyl sites for hydroxylation is 1. The molecule has 0 aromatic heterocycles. The van der Waals surface area contributed by atoms with Crippen molar-refractivity contribution in [3.63, 3.8) is 0 Å². The zero-order chi connectivity index (χ0) is 14.2. The van der Waals surface area contributed by atoms with E-state index in [9.17, 15) is 4.79 Å². The third kappa shape index (κ3) is 2.88. The number of fused-ring (bicyclic) bond motifs is 1. The lowest BCUT2D eigenvalue weighted by Gasteiger charge is -2.27. The SMILES string of the molecule is CC(C)(CCc1ccccc1)NC(=O)C1[C@H]2CNC[C@@H]12. The summed E-state index contributed by atoms with van der Waals surface area (Å²) in [6.45, 7) is 6.30. The molecule has 1 saturated heterocycles. The minimum atomic E-state index is -0.128. The Morgan fingerprint density at radius 1 is 1.25 bits per heavy atom. The predicted molar refractivity (Wildman–Crippen MR) is 80.3 cm³/mol. The van der Waals surface area contributed by atoms with Gasteiger partial charge in [-0.2, -0.15) is 0 Å². The lowest BCUT2D eigenvalue weighted by atomic mass is 9.95. The molecule has 1 unspecified atom stereocenters. The minimum Gasteiger partial charge on any atom is -0.351 e. The molecule has 2 N–H and O–H groups in total. The number of nitrogens with one attached hydrogen (secondary N) is 2. The van der Waals surface area contributed by atoms with Gasteiger partial charge in [-0.15, -0.1) is 0 Å². The van der Waals surface area contributed by atoms with E-state index >= 15 is 0 Å². The summed E-state index contributed by atoms with van der Waals surface area (Å²) in [5.74, 6) is 1.73. The summed E-state index contributed by atoms with van der Waals surface area (Å²) in [5, 5.41) is 6.59. The average Bonchev–Trinajstić information content (AvgIpc) is 2.92. The minimum absolute atomic E-state index is 0.128. The third-order valence-electron chi connectivity index (χ3n) is 4.74. The maximum atomic E-state index is 12.3. The number of hydrogen-bond acceptors (Lipinski definition) is 2. The molecule has 3 rings (SSSR count). The highest BCUT2D eigenvalue weighted by molar-refractivity contribution is 5.83. The van der Waals surface area contributed by atoms with Gasteiger partial charge in [0.15, 0.2) is 0 Å². The van der Waals surface area contributed by atoms with Crippen LogP contribution in [0.15, 0.2) is 30.3 Å². The topological polar surface area (TPSA) is 41.1 Å². The molecule has 1 saturated carbocycles. The normalized spacial score (nSPS) is 28.0. The fourth-order valence-corrected chi connectivity index (χ4v) is 3.39. The Morgan fingerprint density at radius 3 is 2.55 bits per heavy atom. The molecular formula is C17H24N2O. The second-order valence-corrected chi connectivity index (χ2v) is 6.87. The quantitative estimate of drug-likeness (QED) is 0.860. The summed E-state index contributed by atoms with van der Waals surface area (Å²) in [7, 11) is 0. The Morgan fingerprint density at radius 2 is 1.90 bits per heavy atom. The van der Waals surface area contributed by atoms with E-state index in [0.29, 0.717) is 11.8 Å². The number of carbonyl (C=O) groups is 1. The summed E-state index contributed by atoms with van der Waals surface area (Å²) in [4.78, 5) is 12.3. The first-order valence-electron chi connectivity index (χ1n) is 7.63. The highest BCUT2D eigenvalue weighted by Gasteiger charge is 2.57. The summed E-state index contributed by atoms with van der Waals surface area (Å²) in [6.07, 6.45) is 1.98. The second kappa shape index (κ2) is 5.21. The maximum absolute atomic E-state index is 12.3. The highest BCUT2D eigenvalue weighted by Crippen LogP contribution is 2.48. The molecular weight excluding hydrogens is 248 g/mol. The Hall–Kier alpha value is -1.35. The molecule has 1 amide bonds. The molecule has 3 heteroatoms.